The van der Waals surface area contributed by atoms with Gasteiger partial charge in [-0.1, -0.05) is 6.07 Å². The van der Waals surface area contributed by atoms with E-state index in [0.29, 0.717) is 5.88 Å². The van der Waals surface area contributed by atoms with Gasteiger partial charge in [0.15, 0.2) is 6.10 Å². The first kappa shape index (κ1) is 15.7. The molecule has 0 spiro atoms. The topological polar surface area (TPSA) is 121 Å². The van der Waals surface area contributed by atoms with Crippen LogP contribution in [0.15, 0.2) is 18.3 Å². The smallest absolute Gasteiger partial charge is 0.332 e. The third-order valence-corrected chi connectivity index (χ3v) is 2.45. The first-order chi connectivity index (χ1) is 9.52. The van der Waals surface area contributed by atoms with E-state index in [1.807, 2.05) is 0 Å². The molecule has 2 amide bonds. The molecule has 8 heteroatoms. The Balaban J connectivity index is 2.23. The summed E-state index contributed by atoms with van der Waals surface area (Å²) >= 11 is 0. The van der Waals surface area contributed by atoms with Gasteiger partial charge in [-0.15, -0.1) is 0 Å². The number of nitrogens with one attached hydrogen (secondary N) is 2. The van der Waals surface area contributed by atoms with Crippen molar-refractivity contribution >= 4 is 12.0 Å². The molecular formula is C12H17N3O5. The van der Waals surface area contributed by atoms with Gasteiger partial charge in [-0.2, -0.15) is 0 Å². The van der Waals surface area contributed by atoms with E-state index in [0.717, 1.165) is 5.56 Å². The number of rotatable bonds is 7. The van der Waals surface area contributed by atoms with Crippen molar-refractivity contribution in [2.45, 2.75) is 19.1 Å². The lowest BCUT2D eigenvalue weighted by Crippen LogP contribution is -2.37. The van der Waals surface area contributed by atoms with Gasteiger partial charge in [-0.3, -0.25) is 0 Å². The second kappa shape index (κ2) is 7.95. The molecule has 0 aliphatic heterocycles. The number of carbonyl (C=O) groups excluding carboxylic acids is 1. The quantitative estimate of drug-likeness (QED) is 0.546. The summed E-state index contributed by atoms with van der Waals surface area (Å²) in [6.45, 7) is 0.352. The van der Waals surface area contributed by atoms with Crippen LogP contribution in [0.5, 0.6) is 5.88 Å². The minimum Gasteiger partial charge on any atom is -0.481 e. The van der Waals surface area contributed by atoms with Crippen molar-refractivity contribution in [2.24, 2.45) is 0 Å². The largest absolute Gasteiger partial charge is 0.481 e. The number of pyridine rings is 1. The van der Waals surface area contributed by atoms with Gasteiger partial charge >= 0.3 is 12.0 Å². The summed E-state index contributed by atoms with van der Waals surface area (Å²) in [5, 5.41) is 22.5. The zero-order valence-corrected chi connectivity index (χ0v) is 11.0. The summed E-state index contributed by atoms with van der Waals surface area (Å²) in [5.41, 5.74) is 0.798. The summed E-state index contributed by atoms with van der Waals surface area (Å²) in [4.78, 5) is 25.7. The SMILES string of the molecule is COc1ccc(CNC(=O)NCCC(O)C(=O)O)cn1. The van der Waals surface area contributed by atoms with Crippen LogP contribution in [0.3, 0.4) is 0 Å². The zero-order valence-electron chi connectivity index (χ0n) is 11.0. The highest BCUT2D eigenvalue weighted by atomic mass is 16.5. The fourth-order valence-corrected chi connectivity index (χ4v) is 1.33. The van der Waals surface area contributed by atoms with Crippen LogP contribution in [0.25, 0.3) is 0 Å². The van der Waals surface area contributed by atoms with Gasteiger partial charge in [0.2, 0.25) is 5.88 Å². The summed E-state index contributed by atoms with van der Waals surface area (Å²) in [6, 6.07) is 3.00. The Kier molecular flexibility index (Phi) is 6.24. The molecule has 0 aliphatic rings. The van der Waals surface area contributed by atoms with Gasteiger partial charge in [0.1, 0.15) is 0 Å². The molecule has 0 saturated carbocycles. The molecule has 0 fully saturated rings. The van der Waals surface area contributed by atoms with Crippen LogP contribution >= 0.6 is 0 Å². The number of aliphatic hydroxyl groups is 1. The highest BCUT2D eigenvalue weighted by Crippen LogP contribution is 2.05. The van der Waals surface area contributed by atoms with E-state index in [1.165, 1.54) is 7.11 Å². The van der Waals surface area contributed by atoms with Gasteiger partial charge < -0.3 is 25.6 Å². The number of methoxy groups -OCH3 is 1. The molecular weight excluding hydrogens is 266 g/mol. The van der Waals surface area contributed by atoms with E-state index in [1.54, 1.807) is 18.3 Å². The summed E-state index contributed by atoms with van der Waals surface area (Å²) in [7, 11) is 1.51. The average molecular weight is 283 g/mol. The Morgan fingerprint density at radius 2 is 2.15 bits per heavy atom. The Labute approximate surface area is 115 Å². The van der Waals surface area contributed by atoms with Crippen molar-refractivity contribution in [2.75, 3.05) is 13.7 Å². The van der Waals surface area contributed by atoms with Gasteiger partial charge in [0.25, 0.3) is 0 Å². The Morgan fingerprint density at radius 1 is 1.40 bits per heavy atom. The lowest BCUT2D eigenvalue weighted by atomic mass is 10.2. The normalized spacial score (nSPS) is 11.5. The molecule has 1 heterocycles. The van der Waals surface area contributed by atoms with E-state index in [-0.39, 0.29) is 19.5 Å². The first-order valence-electron chi connectivity index (χ1n) is 5.94. The van der Waals surface area contributed by atoms with Crippen molar-refractivity contribution in [1.82, 2.24) is 15.6 Å². The van der Waals surface area contributed by atoms with Crippen LogP contribution in [0, 0.1) is 0 Å². The van der Waals surface area contributed by atoms with Gasteiger partial charge in [0, 0.05) is 31.8 Å². The van der Waals surface area contributed by atoms with E-state index in [2.05, 4.69) is 15.6 Å². The summed E-state index contributed by atoms with van der Waals surface area (Å²) < 4.78 is 4.91. The van der Waals surface area contributed by atoms with Crippen molar-refractivity contribution < 1.29 is 24.5 Å². The third kappa shape index (κ3) is 5.53. The molecule has 0 radical (unpaired) electrons. The van der Waals surface area contributed by atoms with E-state index in [9.17, 15) is 9.59 Å². The van der Waals surface area contributed by atoms with E-state index >= 15 is 0 Å². The maximum Gasteiger partial charge on any atom is 0.332 e. The number of ether oxygens (including phenoxy) is 1. The standard InChI is InChI=1S/C12H17N3O5/c1-20-10-3-2-8(6-14-10)7-15-12(19)13-5-4-9(16)11(17)18/h2-3,6,9,16H,4-5,7H2,1H3,(H,17,18)(H2,13,15,19). The molecule has 0 aliphatic carbocycles. The molecule has 1 atom stereocenters. The van der Waals surface area contributed by atoms with Crippen molar-refractivity contribution in [3.63, 3.8) is 0 Å². The number of carboxylic acid groups (broad SMARTS) is 1. The van der Waals surface area contributed by atoms with E-state index < -0.39 is 18.1 Å². The number of carboxylic acids is 1. The van der Waals surface area contributed by atoms with Crippen LogP contribution < -0.4 is 15.4 Å². The predicted octanol–water partition coefficient (Wildman–Crippen LogP) is -0.275. The van der Waals surface area contributed by atoms with Crippen LogP contribution in [-0.4, -0.2) is 47.0 Å². The number of hydrogen-bond acceptors (Lipinski definition) is 5. The second-order valence-corrected chi connectivity index (χ2v) is 3.96. The summed E-state index contributed by atoms with van der Waals surface area (Å²) in [5.74, 6) is -0.822. The number of hydrogen-bond donors (Lipinski definition) is 4. The van der Waals surface area contributed by atoms with Gasteiger partial charge in [0.05, 0.1) is 7.11 Å². The molecule has 1 unspecified atom stereocenters. The van der Waals surface area contributed by atoms with Gasteiger partial charge in [-0.25, -0.2) is 14.6 Å². The Hall–Kier alpha value is -2.35. The molecule has 8 nitrogen and oxygen atoms in total. The number of amides is 2. The second-order valence-electron chi connectivity index (χ2n) is 3.96. The van der Waals surface area contributed by atoms with Crippen LogP contribution in [0.2, 0.25) is 0 Å². The molecule has 1 rings (SSSR count). The van der Waals surface area contributed by atoms with E-state index in [4.69, 9.17) is 14.9 Å². The molecule has 0 bridgehead atoms. The lowest BCUT2D eigenvalue weighted by molar-refractivity contribution is -0.146. The number of urea groups is 1. The molecule has 20 heavy (non-hydrogen) atoms. The molecule has 0 saturated heterocycles. The number of aliphatic carboxylic acids is 1. The maximum atomic E-state index is 11.4. The number of aliphatic hydroxyl groups excluding tert-OH is 1. The van der Waals surface area contributed by atoms with Crippen molar-refractivity contribution in [3.8, 4) is 5.88 Å². The molecule has 1 aromatic heterocycles. The highest BCUT2D eigenvalue weighted by Gasteiger charge is 2.12. The highest BCUT2D eigenvalue weighted by molar-refractivity contribution is 5.74. The minimum atomic E-state index is -1.47. The molecule has 0 aromatic carbocycles. The predicted molar refractivity (Wildman–Crippen MR) is 69.3 cm³/mol. The lowest BCUT2D eigenvalue weighted by Gasteiger charge is -2.09. The van der Waals surface area contributed by atoms with Crippen LogP contribution in [0.4, 0.5) is 4.79 Å². The number of carbonyl (C=O) groups is 2. The van der Waals surface area contributed by atoms with Crippen molar-refractivity contribution in [3.05, 3.63) is 23.9 Å². The summed E-state index contributed by atoms with van der Waals surface area (Å²) in [6.07, 6.45) is 0.0567. The maximum absolute atomic E-state index is 11.4. The Bertz CT molecular complexity index is 449. The van der Waals surface area contributed by atoms with Gasteiger partial charge in [-0.05, 0) is 5.56 Å². The number of nitrogens with zero attached hydrogens (tertiary/aromatic N) is 1. The third-order valence-electron chi connectivity index (χ3n) is 2.45. The Morgan fingerprint density at radius 3 is 2.70 bits per heavy atom. The molecule has 4 N–H and O–H groups in total. The first-order valence-corrected chi connectivity index (χ1v) is 5.94. The monoisotopic (exact) mass is 283 g/mol. The van der Waals surface area contributed by atoms with Crippen LogP contribution in [-0.2, 0) is 11.3 Å². The zero-order chi connectivity index (χ0) is 15.0. The molecule has 1 aromatic rings. The number of aromatic nitrogens is 1. The average Bonchev–Trinajstić information content (AvgIpc) is 2.45. The minimum absolute atomic E-state index is 0.0488. The van der Waals surface area contributed by atoms with Crippen molar-refractivity contribution in [1.29, 1.82) is 0 Å². The fourth-order valence-electron chi connectivity index (χ4n) is 1.33. The molecule has 110 valence electrons. The fraction of sp³-hybridized carbons (Fsp3) is 0.417. The van der Waals surface area contributed by atoms with Crippen LogP contribution in [0.1, 0.15) is 12.0 Å².